The van der Waals surface area contributed by atoms with E-state index in [0.29, 0.717) is 12.5 Å². The van der Waals surface area contributed by atoms with E-state index in [-0.39, 0.29) is 0 Å². The highest BCUT2D eigenvalue weighted by atomic mass is 15.0. The summed E-state index contributed by atoms with van der Waals surface area (Å²) in [4.78, 5) is 17.6. The Bertz CT molecular complexity index is 636. The third-order valence-corrected chi connectivity index (χ3v) is 3.98. The Morgan fingerprint density at radius 3 is 3.00 bits per heavy atom. The summed E-state index contributed by atoms with van der Waals surface area (Å²) >= 11 is 0. The summed E-state index contributed by atoms with van der Waals surface area (Å²) in [5.74, 6) is 2.36. The zero-order valence-electron chi connectivity index (χ0n) is 11.3. The van der Waals surface area contributed by atoms with Crippen LogP contribution in [0.5, 0.6) is 0 Å². The normalized spacial score (nSPS) is 17.0. The number of nitrogens with zero attached hydrogens (tertiary/aromatic N) is 4. The molecule has 0 saturated heterocycles. The van der Waals surface area contributed by atoms with Crippen molar-refractivity contribution in [1.82, 2.24) is 19.9 Å². The maximum absolute atomic E-state index is 4.62. The van der Waals surface area contributed by atoms with E-state index in [9.17, 15) is 0 Å². The van der Waals surface area contributed by atoms with Crippen molar-refractivity contribution in [3.8, 4) is 0 Å². The predicted molar refractivity (Wildman–Crippen MR) is 75.4 cm³/mol. The lowest BCUT2D eigenvalue weighted by Crippen LogP contribution is -2.07. The van der Waals surface area contributed by atoms with Crippen molar-refractivity contribution in [3.05, 3.63) is 41.4 Å². The van der Waals surface area contributed by atoms with Crippen LogP contribution in [0.3, 0.4) is 0 Å². The molecule has 2 aliphatic rings. The topological polar surface area (TPSA) is 63.6 Å². The van der Waals surface area contributed by atoms with E-state index in [0.717, 1.165) is 30.2 Å². The SMILES string of the molecule is c1nc(NCc2ncc3c(n2)CCC3)cc(C2CC2)n1. The molecule has 0 radical (unpaired) electrons. The van der Waals surface area contributed by atoms with Crippen LogP contribution in [0.2, 0.25) is 0 Å². The molecule has 5 heteroatoms. The van der Waals surface area contributed by atoms with Crippen LogP contribution in [0.15, 0.2) is 18.6 Å². The van der Waals surface area contributed by atoms with Gasteiger partial charge in [-0.2, -0.15) is 0 Å². The number of nitrogens with one attached hydrogen (secondary N) is 1. The van der Waals surface area contributed by atoms with Crippen molar-refractivity contribution < 1.29 is 0 Å². The molecular formula is C15H17N5. The highest BCUT2D eigenvalue weighted by Crippen LogP contribution is 2.39. The summed E-state index contributed by atoms with van der Waals surface area (Å²) in [6, 6.07) is 2.05. The van der Waals surface area contributed by atoms with E-state index < -0.39 is 0 Å². The van der Waals surface area contributed by atoms with Crippen molar-refractivity contribution in [3.63, 3.8) is 0 Å². The van der Waals surface area contributed by atoms with Gasteiger partial charge in [0.15, 0.2) is 0 Å². The number of hydrogen-bond donors (Lipinski definition) is 1. The summed E-state index contributed by atoms with van der Waals surface area (Å²) in [6.45, 7) is 0.619. The minimum absolute atomic E-state index is 0.619. The second-order valence-electron chi connectivity index (χ2n) is 5.57. The number of hydrogen-bond acceptors (Lipinski definition) is 5. The molecule has 4 rings (SSSR count). The molecular weight excluding hydrogens is 250 g/mol. The Kier molecular flexibility index (Phi) is 2.83. The second kappa shape index (κ2) is 4.81. The summed E-state index contributed by atoms with van der Waals surface area (Å²) < 4.78 is 0. The van der Waals surface area contributed by atoms with Gasteiger partial charge in [0.25, 0.3) is 0 Å². The lowest BCUT2D eigenvalue weighted by Gasteiger charge is -2.07. The Morgan fingerprint density at radius 1 is 1.15 bits per heavy atom. The zero-order chi connectivity index (χ0) is 13.4. The second-order valence-corrected chi connectivity index (χ2v) is 5.57. The lowest BCUT2D eigenvalue weighted by molar-refractivity contribution is 0.877. The van der Waals surface area contributed by atoms with Gasteiger partial charge in [-0.25, -0.2) is 19.9 Å². The first kappa shape index (κ1) is 11.8. The molecule has 1 fully saturated rings. The molecule has 0 aromatic carbocycles. The molecule has 2 heterocycles. The fourth-order valence-corrected chi connectivity index (χ4v) is 2.68. The molecule has 102 valence electrons. The number of rotatable bonds is 4. The van der Waals surface area contributed by atoms with E-state index in [4.69, 9.17) is 0 Å². The summed E-state index contributed by atoms with van der Waals surface area (Å²) in [5.41, 5.74) is 3.68. The minimum atomic E-state index is 0.619. The van der Waals surface area contributed by atoms with Gasteiger partial charge in [0.2, 0.25) is 0 Å². The standard InChI is InChI=1S/C15H17N5/c1-2-11-7-16-15(20-12(11)3-1)8-17-14-6-13(10-4-5-10)18-9-19-14/h6-7,9-10H,1-5,8H2,(H,17,18,19). The fourth-order valence-electron chi connectivity index (χ4n) is 2.68. The Morgan fingerprint density at radius 2 is 2.10 bits per heavy atom. The molecule has 0 bridgehead atoms. The molecule has 0 spiro atoms. The highest BCUT2D eigenvalue weighted by molar-refractivity contribution is 5.37. The van der Waals surface area contributed by atoms with Crippen LogP contribution in [0.25, 0.3) is 0 Å². The molecule has 5 nitrogen and oxygen atoms in total. The van der Waals surface area contributed by atoms with E-state index in [1.165, 1.54) is 30.5 Å². The van der Waals surface area contributed by atoms with Crippen LogP contribution in [0.1, 0.15) is 48.0 Å². The fraction of sp³-hybridized carbons (Fsp3) is 0.467. The van der Waals surface area contributed by atoms with Crippen molar-refractivity contribution in [2.75, 3.05) is 5.32 Å². The lowest BCUT2D eigenvalue weighted by atomic mass is 10.2. The van der Waals surface area contributed by atoms with Gasteiger partial charge in [-0.3, -0.25) is 0 Å². The van der Waals surface area contributed by atoms with Crippen LogP contribution in [-0.4, -0.2) is 19.9 Å². The third-order valence-electron chi connectivity index (χ3n) is 3.98. The minimum Gasteiger partial charge on any atom is -0.363 e. The average Bonchev–Trinajstić information content (AvgIpc) is 3.24. The predicted octanol–water partition coefficient (Wildman–Crippen LogP) is 2.24. The van der Waals surface area contributed by atoms with Crippen LogP contribution in [0.4, 0.5) is 5.82 Å². The van der Waals surface area contributed by atoms with Gasteiger partial charge in [-0.05, 0) is 37.7 Å². The van der Waals surface area contributed by atoms with Gasteiger partial charge >= 0.3 is 0 Å². The average molecular weight is 267 g/mol. The monoisotopic (exact) mass is 267 g/mol. The molecule has 20 heavy (non-hydrogen) atoms. The molecule has 0 atom stereocenters. The molecule has 1 saturated carbocycles. The smallest absolute Gasteiger partial charge is 0.147 e. The van der Waals surface area contributed by atoms with Gasteiger partial charge in [-0.15, -0.1) is 0 Å². The molecule has 0 amide bonds. The zero-order valence-corrected chi connectivity index (χ0v) is 11.3. The van der Waals surface area contributed by atoms with Crippen LogP contribution >= 0.6 is 0 Å². The first-order chi connectivity index (χ1) is 9.88. The number of anilines is 1. The van der Waals surface area contributed by atoms with E-state index in [2.05, 4.69) is 25.3 Å². The van der Waals surface area contributed by atoms with Crippen molar-refractivity contribution in [2.24, 2.45) is 0 Å². The number of aromatic nitrogens is 4. The Hall–Kier alpha value is -2.04. The molecule has 0 unspecified atom stereocenters. The molecule has 2 aromatic heterocycles. The van der Waals surface area contributed by atoms with Crippen LogP contribution < -0.4 is 5.32 Å². The van der Waals surface area contributed by atoms with E-state index in [1.807, 2.05) is 12.3 Å². The Balaban J connectivity index is 1.46. The maximum atomic E-state index is 4.62. The first-order valence-electron chi connectivity index (χ1n) is 7.28. The molecule has 1 N–H and O–H groups in total. The van der Waals surface area contributed by atoms with Gasteiger partial charge < -0.3 is 5.32 Å². The Labute approximate surface area is 117 Å². The van der Waals surface area contributed by atoms with Crippen molar-refractivity contribution in [1.29, 1.82) is 0 Å². The van der Waals surface area contributed by atoms with Crippen LogP contribution in [-0.2, 0) is 19.4 Å². The highest BCUT2D eigenvalue weighted by Gasteiger charge is 2.25. The first-order valence-corrected chi connectivity index (χ1v) is 7.28. The van der Waals surface area contributed by atoms with Crippen molar-refractivity contribution in [2.45, 2.75) is 44.6 Å². The van der Waals surface area contributed by atoms with Gasteiger partial charge in [0.1, 0.15) is 18.0 Å². The van der Waals surface area contributed by atoms with Gasteiger partial charge in [-0.1, -0.05) is 0 Å². The van der Waals surface area contributed by atoms with E-state index >= 15 is 0 Å². The third kappa shape index (κ3) is 2.35. The van der Waals surface area contributed by atoms with Gasteiger partial charge in [0, 0.05) is 29.6 Å². The summed E-state index contributed by atoms with van der Waals surface area (Å²) in [7, 11) is 0. The van der Waals surface area contributed by atoms with E-state index in [1.54, 1.807) is 6.33 Å². The number of aryl methyl sites for hydroxylation is 2. The van der Waals surface area contributed by atoms with Crippen molar-refractivity contribution >= 4 is 5.82 Å². The summed E-state index contributed by atoms with van der Waals surface area (Å²) in [6.07, 6.45) is 9.54. The molecule has 2 aliphatic carbocycles. The number of fused-ring (bicyclic) bond motifs is 1. The largest absolute Gasteiger partial charge is 0.363 e. The van der Waals surface area contributed by atoms with Gasteiger partial charge in [0.05, 0.1) is 6.54 Å². The quantitative estimate of drug-likeness (QED) is 0.920. The molecule has 2 aromatic rings. The maximum Gasteiger partial charge on any atom is 0.147 e. The molecule has 0 aliphatic heterocycles. The summed E-state index contributed by atoms with van der Waals surface area (Å²) in [5, 5.41) is 3.30. The van der Waals surface area contributed by atoms with Crippen LogP contribution in [0, 0.1) is 0 Å².